The number of halogens is 1. The van der Waals surface area contributed by atoms with Gasteiger partial charge in [0.15, 0.2) is 0 Å². The number of carbonyl (C=O) groups excluding carboxylic acids is 2. The van der Waals surface area contributed by atoms with Crippen LogP contribution in [0.1, 0.15) is 23.2 Å². The Morgan fingerprint density at radius 1 is 1.03 bits per heavy atom. The van der Waals surface area contributed by atoms with Crippen LogP contribution in [-0.4, -0.2) is 70.9 Å². The van der Waals surface area contributed by atoms with Gasteiger partial charge in [-0.1, -0.05) is 0 Å². The minimum atomic E-state index is -0.281. The molecule has 3 heterocycles. The fourth-order valence-electron chi connectivity index (χ4n) is 4.31. The van der Waals surface area contributed by atoms with Gasteiger partial charge in [0, 0.05) is 57.3 Å². The molecule has 0 N–H and O–H groups in total. The second-order valence-corrected chi connectivity index (χ2v) is 7.60. The van der Waals surface area contributed by atoms with E-state index in [0.717, 1.165) is 5.69 Å². The normalized spacial score (nSPS) is 22.7. The van der Waals surface area contributed by atoms with E-state index in [2.05, 4.69) is 14.9 Å². The van der Waals surface area contributed by atoms with E-state index in [1.807, 2.05) is 7.05 Å². The molecule has 2 aromatic rings. The molecule has 0 saturated carbocycles. The third-order valence-corrected chi connectivity index (χ3v) is 5.89. The van der Waals surface area contributed by atoms with E-state index >= 15 is 0 Å². The number of rotatable bonds is 2. The number of anilines is 1. The minimum Gasteiger partial charge on any atom is -0.366 e. The molecule has 1 aromatic carbocycles. The van der Waals surface area contributed by atoms with Crippen molar-refractivity contribution in [3.05, 3.63) is 54.4 Å². The first-order valence-electron chi connectivity index (χ1n) is 9.86. The standard InChI is InChI=1S/C21H24FN5O2/c1-25-10-11-27(17-4-2-16(22)3-5-17)19-7-9-26(8-6-18(19)21(25)29)20(28)15-12-23-14-24-13-15/h2-5,12-14,18-19H,6-11H2,1H3/t18-,19-/m0/s1. The molecule has 0 bridgehead atoms. The molecule has 2 atom stereocenters. The molecule has 7 nitrogen and oxygen atoms in total. The summed E-state index contributed by atoms with van der Waals surface area (Å²) in [6.07, 6.45) is 5.68. The quantitative estimate of drug-likeness (QED) is 0.773. The van der Waals surface area contributed by atoms with Gasteiger partial charge in [0.1, 0.15) is 12.1 Å². The number of benzene rings is 1. The first kappa shape index (κ1) is 19.3. The highest BCUT2D eigenvalue weighted by Crippen LogP contribution is 2.31. The molecule has 2 amide bonds. The average molecular weight is 397 g/mol. The van der Waals surface area contributed by atoms with E-state index in [4.69, 9.17) is 0 Å². The van der Waals surface area contributed by atoms with E-state index in [0.29, 0.717) is 44.6 Å². The Morgan fingerprint density at radius 3 is 2.45 bits per heavy atom. The summed E-state index contributed by atoms with van der Waals surface area (Å²) in [5.41, 5.74) is 1.36. The number of carbonyl (C=O) groups is 2. The van der Waals surface area contributed by atoms with E-state index in [-0.39, 0.29) is 29.6 Å². The Morgan fingerprint density at radius 2 is 1.72 bits per heavy atom. The summed E-state index contributed by atoms with van der Waals surface area (Å²) < 4.78 is 13.4. The number of hydrogen-bond donors (Lipinski definition) is 0. The van der Waals surface area contributed by atoms with Crippen molar-refractivity contribution in [1.82, 2.24) is 19.8 Å². The molecule has 2 fully saturated rings. The van der Waals surface area contributed by atoms with E-state index in [9.17, 15) is 14.0 Å². The van der Waals surface area contributed by atoms with Crippen molar-refractivity contribution in [3.8, 4) is 0 Å². The van der Waals surface area contributed by atoms with Gasteiger partial charge in [0.05, 0.1) is 11.5 Å². The van der Waals surface area contributed by atoms with Crippen LogP contribution in [0, 0.1) is 11.7 Å². The number of likely N-dealkylation sites (tertiary alicyclic amines) is 1. The summed E-state index contributed by atoms with van der Waals surface area (Å²) in [4.78, 5) is 39.5. The van der Waals surface area contributed by atoms with Crippen LogP contribution in [0.5, 0.6) is 0 Å². The van der Waals surface area contributed by atoms with E-state index in [1.165, 1.54) is 30.9 Å². The van der Waals surface area contributed by atoms with Crippen LogP contribution in [0.25, 0.3) is 0 Å². The van der Waals surface area contributed by atoms with Gasteiger partial charge in [0.2, 0.25) is 5.91 Å². The molecule has 0 aliphatic carbocycles. The molecule has 0 radical (unpaired) electrons. The largest absolute Gasteiger partial charge is 0.366 e. The molecule has 2 aliphatic heterocycles. The maximum atomic E-state index is 13.4. The van der Waals surface area contributed by atoms with Crippen LogP contribution in [0.2, 0.25) is 0 Å². The predicted molar refractivity (Wildman–Crippen MR) is 106 cm³/mol. The van der Waals surface area contributed by atoms with Crippen molar-refractivity contribution < 1.29 is 14.0 Å². The summed E-state index contributed by atoms with van der Waals surface area (Å²) in [7, 11) is 1.82. The van der Waals surface area contributed by atoms with Crippen molar-refractivity contribution in [2.45, 2.75) is 18.9 Å². The van der Waals surface area contributed by atoms with E-state index < -0.39 is 0 Å². The van der Waals surface area contributed by atoms with Gasteiger partial charge >= 0.3 is 0 Å². The maximum absolute atomic E-state index is 13.4. The van der Waals surface area contributed by atoms with Crippen molar-refractivity contribution in [2.24, 2.45) is 5.92 Å². The van der Waals surface area contributed by atoms with Crippen LogP contribution < -0.4 is 4.90 Å². The van der Waals surface area contributed by atoms with E-state index in [1.54, 1.807) is 21.9 Å². The van der Waals surface area contributed by atoms with Gasteiger partial charge in [0.25, 0.3) is 5.91 Å². The first-order valence-corrected chi connectivity index (χ1v) is 9.86. The van der Waals surface area contributed by atoms with Crippen molar-refractivity contribution >= 4 is 17.5 Å². The Kier molecular flexibility index (Phi) is 5.42. The van der Waals surface area contributed by atoms with Crippen molar-refractivity contribution in [2.75, 3.05) is 38.1 Å². The molecule has 8 heteroatoms. The first-order chi connectivity index (χ1) is 14.0. The van der Waals surface area contributed by atoms with Crippen LogP contribution in [0.4, 0.5) is 10.1 Å². The zero-order valence-corrected chi connectivity index (χ0v) is 16.4. The lowest BCUT2D eigenvalue weighted by atomic mass is 9.92. The maximum Gasteiger partial charge on any atom is 0.256 e. The molecule has 2 saturated heterocycles. The second kappa shape index (κ2) is 8.14. The number of hydrogen-bond acceptors (Lipinski definition) is 5. The van der Waals surface area contributed by atoms with Gasteiger partial charge in [-0.05, 0) is 37.1 Å². The van der Waals surface area contributed by atoms with Crippen LogP contribution in [0.3, 0.4) is 0 Å². The van der Waals surface area contributed by atoms with Crippen LogP contribution in [-0.2, 0) is 4.79 Å². The number of nitrogens with zero attached hydrogens (tertiary/aromatic N) is 5. The molecule has 1 aromatic heterocycles. The van der Waals surface area contributed by atoms with Crippen LogP contribution >= 0.6 is 0 Å². The molecule has 152 valence electrons. The fraction of sp³-hybridized carbons (Fsp3) is 0.429. The lowest BCUT2D eigenvalue weighted by molar-refractivity contribution is -0.134. The molecule has 29 heavy (non-hydrogen) atoms. The molecular weight excluding hydrogens is 373 g/mol. The lowest BCUT2D eigenvalue weighted by Crippen LogP contribution is -2.43. The summed E-state index contributed by atoms with van der Waals surface area (Å²) in [5.74, 6) is -0.499. The lowest BCUT2D eigenvalue weighted by Gasteiger charge is -2.34. The second-order valence-electron chi connectivity index (χ2n) is 7.60. The summed E-state index contributed by atoms with van der Waals surface area (Å²) in [6, 6.07) is 6.38. The van der Waals surface area contributed by atoms with Gasteiger partial charge in [-0.3, -0.25) is 9.59 Å². The SMILES string of the molecule is CN1CCN(c2ccc(F)cc2)[C@H]2CCN(C(=O)c3cncnc3)CC[C@@H]2C1=O. The number of likely N-dealkylation sites (N-methyl/N-ethyl adjacent to an activating group) is 1. The number of fused-ring (bicyclic) bond motifs is 1. The molecular formula is C21H24FN5O2. The average Bonchev–Trinajstić information content (AvgIpc) is 3.03. The van der Waals surface area contributed by atoms with Gasteiger partial charge < -0.3 is 14.7 Å². The Balaban J connectivity index is 1.60. The fourth-order valence-corrected chi connectivity index (χ4v) is 4.31. The zero-order chi connectivity index (χ0) is 20.4. The third-order valence-electron chi connectivity index (χ3n) is 5.89. The summed E-state index contributed by atoms with van der Waals surface area (Å²) >= 11 is 0. The smallest absolute Gasteiger partial charge is 0.256 e. The summed E-state index contributed by atoms with van der Waals surface area (Å²) in [6.45, 7) is 2.35. The Bertz CT molecular complexity index is 876. The van der Waals surface area contributed by atoms with Gasteiger partial charge in [-0.2, -0.15) is 0 Å². The molecule has 0 spiro atoms. The Hall–Kier alpha value is -3.03. The van der Waals surface area contributed by atoms with Crippen molar-refractivity contribution in [1.29, 1.82) is 0 Å². The number of amides is 2. The van der Waals surface area contributed by atoms with Gasteiger partial charge in [-0.15, -0.1) is 0 Å². The minimum absolute atomic E-state index is 0.0391. The molecule has 2 aliphatic rings. The number of aromatic nitrogens is 2. The highest BCUT2D eigenvalue weighted by molar-refractivity contribution is 5.93. The summed E-state index contributed by atoms with van der Waals surface area (Å²) in [5, 5.41) is 0. The third kappa shape index (κ3) is 3.92. The predicted octanol–water partition coefficient (Wildman–Crippen LogP) is 1.82. The van der Waals surface area contributed by atoms with Gasteiger partial charge in [-0.25, -0.2) is 14.4 Å². The Labute approximate surface area is 169 Å². The molecule has 0 unspecified atom stereocenters. The zero-order valence-electron chi connectivity index (χ0n) is 16.4. The molecule has 4 rings (SSSR count). The monoisotopic (exact) mass is 397 g/mol. The topological polar surface area (TPSA) is 69.6 Å². The van der Waals surface area contributed by atoms with Crippen LogP contribution in [0.15, 0.2) is 43.0 Å². The van der Waals surface area contributed by atoms with Crippen molar-refractivity contribution in [3.63, 3.8) is 0 Å². The highest BCUT2D eigenvalue weighted by Gasteiger charge is 2.40. The highest BCUT2D eigenvalue weighted by atomic mass is 19.1.